The van der Waals surface area contributed by atoms with Crippen molar-refractivity contribution < 1.29 is 9.47 Å². The Kier molecular flexibility index (Phi) is 8.37. The van der Waals surface area contributed by atoms with Crippen LogP contribution in [0.25, 0.3) is 11.2 Å². The topological polar surface area (TPSA) is 74.1 Å². The molecule has 2 atom stereocenters. The second-order valence-corrected chi connectivity index (χ2v) is 11.0. The molecule has 3 aromatic carbocycles. The number of nitrogens with zero attached hydrogens (tertiary/aromatic N) is 4. The summed E-state index contributed by atoms with van der Waals surface area (Å²) in [5.74, 6) is 2.31. The number of ether oxygens (including phenoxy) is 2. The highest BCUT2D eigenvalue weighted by Gasteiger charge is 2.29. The van der Waals surface area contributed by atoms with Gasteiger partial charge in [-0.2, -0.15) is 0 Å². The third-order valence-electron chi connectivity index (χ3n) is 7.20. The van der Waals surface area contributed by atoms with E-state index in [1.54, 1.807) is 18.9 Å². The lowest BCUT2D eigenvalue weighted by Gasteiger charge is -2.20. The summed E-state index contributed by atoms with van der Waals surface area (Å²) < 4.78 is 13.7. The Morgan fingerprint density at radius 1 is 0.925 bits per heavy atom. The van der Waals surface area contributed by atoms with Gasteiger partial charge in [0.05, 0.1) is 24.8 Å². The van der Waals surface area contributed by atoms with Gasteiger partial charge in [0.15, 0.2) is 17.0 Å². The van der Waals surface area contributed by atoms with Crippen molar-refractivity contribution in [3.63, 3.8) is 0 Å². The number of imidazole rings is 1. The highest BCUT2D eigenvalue weighted by atomic mass is 32.2. The molecule has 0 bridgehead atoms. The number of anilines is 1. The molecule has 204 valence electrons. The largest absolute Gasteiger partial charge is 0.382 e. The molecule has 0 amide bonds. The van der Waals surface area contributed by atoms with Crippen molar-refractivity contribution >= 4 is 28.7 Å². The molecule has 3 heterocycles. The van der Waals surface area contributed by atoms with Crippen molar-refractivity contribution in [1.82, 2.24) is 19.5 Å². The smallest absolute Gasteiger partial charge is 0.167 e. The van der Waals surface area contributed by atoms with Crippen molar-refractivity contribution in [3.8, 4) is 0 Å². The fourth-order valence-electron chi connectivity index (χ4n) is 5.22. The average Bonchev–Trinajstić information content (AvgIpc) is 3.65. The summed E-state index contributed by atoms with van der Waals surface area (Å²) in [5, 5.41) is 3.66. The van der Waals surface area contributed by atoms with Crippen molar-refractivity contribution in [3.05, 3.63) is 114 Å². The Labute approximate surface area is 239 Å². The number of benzene rings is 3. The molecule has 1 aliphatic rings. The van der Waals surface area contributed by atoms with E-state index in [1.807, 2.05) is 12.4 Å². The average molecular weight is 552 g/mol. The van der Waals surface area contributed by atoms with Gasteiger partial charge in [-0.05, 0) is 36.1 Å². The fourth-order valence-corrected chi connectivity index (χ4v) is 6.00. The van der Waals surface area contributed by atoms with E-state index in [-0.39, 0.29) is 18.2 Å². The highest BCUT2D eigenvalue weighted by Crippen LogP contribution is 2.33. The second-order valence-electron chi connectivity index (χ2n) is 9.91. The SMILES string of the molecule is COCC1CCC(n2cnc3c(NCC(c4ccccc4)c4ccccc4)nc(CSc4ccccc4)nc32)O1. The van der Waals surface area contributed by atoms with E-state index in [0.717, 1.165) is 35.6 Å². The molecular weight excluding hydrogens is 518 g/mol. The highest BCUT2D eigenvalue weighted by molar-refractivity contribution is 7.98. The van der Waals surface area contributed by atoms with Gasteiger partial charge >= 0.3 is 0 Å². The van der Waals surface area contributed by atoms with Gasteiger partial charge in [0.1, 0.15) is 12.1 Å². The number of rotatable bonds is 11. The van der Waals surface area contributed by atoms with Gasteiger partial charge in [0.2, 0.25) is 0 Å². The molecule has 1 aliphatic heterocycles. The van der Waals surface area contributed by atoms with Gasteiger partial charge in [0.25, 0.3) is 0 Å². The summed E-state index contributed by atoms with van der Waals surface area (Å²) in [5.41, 5.74) is 4.05. The zero-order valence-electron chi connectivity index (χ0n) is 22.5. The molecule has 5 aromatic rings. The summed E-state index contributed by atoms with van der Waals surface area (Å²) in [4.78, 5) is 15.9. The van der Waals surface area contributed by atoms with E-state index in [4.69, 9.17) is 24.4 Å². The lowest BCUT2D eigenvalue weighted by molar-refractivity contribution is -0.0300. The summed E-state index contributed by atoms with van der Waals surface area (Å²) >= 11 is 1.73. The molecule has 2 aromatic heterocycles. The Bertz CT molecular complexity index is 1470. The molecule has 7 nitrogen and oxygen atoms in total. The predicted octanol–water partition coefficient (Wildman–Crippen LogP) is 6.69. The van der Waals surface area contributed by atoms with Crippen LogP contribution in [0.3, 0.4) is 0 Å². The first-order valence-electron chi connectivity index (χ1n) is 13.7. The maximum Gasteiger partial charge on any atom is 0.167 e. The van der Waals surface area contributed by atoms with Crippen LogP contribution in [0, 0.1) is 0 Å². The molecule has 1 saturated heterocycles. The minimum Gasteiger partial charge on any atom is -0.382 e. The molecule has 1 N–H and O–H groups in total. The van der Waals surface area contributed by atoms with Crippen LogP contribution >= 0.6 is 11.8 Å². The standard InChI is InChI=1S/C32H33N5O2S/c1-38-20-25-17-18-29(39-25)37-22-34-30-31(35-28(36-32(30)37)21-40-26-15-9-4-10-16-26)33-19-27(23-11-5-2-6-12-23)24-13-7-3-8-14-24/h2-16,22,25,27,29H,17-21H2,1H3,(H,33,35,36). The molecule has 8 heteroatoms. The molecule has 0 spiro atoms. The van der Waals surface area contributed by atoms with Crippen LogP contribution in [0.5, 0.6) is 0 Å². The molecule has 0 aliphatic carbocycles. The minimum atomic E-state index is -0.121. The molecule has 0 saturated carbocycles. The van der Waals surface area contributed by atoms with Crippen LogP contribution in [0.15, 0.2) is 102 Å². The number of hydrogen-bond donors (Lipinski definition) is 1. The van der Waals surface area contributed by atoms with Crippen LogP contribution in [0.4, 0.5) is 5.82 Å². The summed E-state index contributed by atoms with van der Waals surface area (Å²) in [6, 6.07) is 31.5. The third-order valence-corrected chi connectivity index (χ3v) is 8.21. The molecule has 40 heavy (non-hydrogen) atoms. The van der Waals surface area contributed by atoms with E-state index in [1.165, 1.54) is 16.0 Å². The first-order valence-corrected chi connectivity index (χ1v) is 14.7. The number of nitrogens with one attached hydrogen (secondary N) is 1. The Hall–Kier alpha value is -3.72. The maximum atomic E-state index is 6.29. The Balaban J connectivity index is 1.32. The monoisotopic (exact) mass is 551 g/mol. The second kappa shape index (κ2) is 12.6. The number of fused-ring (bicyclic) bond motifs is 1. The van der Waals surface area contributed by atoms with Crippen LogP contribution in [-0.2, 0) is 15.2 Å². The van der Waals surface area contributed by atoms with Crippen LogP contribution in [0.2, 0.25) is 0 Å². The van der Waals surface area contributed by atoms with Gasteiger partial charge in [-0.15, -0.1) is 11.8 Å². The number of aromatic nitrogens is 4. The molecular formula is C32H33N5O2S. The van der Waals surface area contributed by atoms with Crippen molar-refractivity contribution in [2.45, 2.75) is 41.7 Å². The maximum absolute atomic E-state index is 6.29. The van der Waals surface area contributed by atoms with Gasteiger partial charge in [-0.3, -0.25) is 4.57 Å². The van der Waals surface area contributed by atoms with Crippen molar-refractivity contribution in [1.29, 1.82) is 0 Å². The van der Waals surface area contributed by atoms with Crippen molar-refractivity contribution in [2.24, 2.45) is 0 Å². The first kappa shape index (κ1) is 26.5. The predicted molar refractivity (Wildman–Crippen MR) is 160 cm³/mol. The fraction of sp³-hybridized carbons (Fsp3) is 0.281. The summed E-state index contributed by atoms with van der Waals surface area (Å²) in [7, 11) is 1.71. The summed E-state index contributed by atoms with van der Waals surface area (Å²) in [6.45, 7) is 1.26. The van der Waals surface area contributed by atoms with Gasteiger partial charge in [-0.25, -0.2) is 15.0 Å². The van der Waals surface area contributed by atoms with Crippen molar-refractivity contribution in [2.75, 3.05) is 25.6 Å². The molecule has 2 unspecified atom stereocenters. The minimum absolute atomic E-state index is 0.0810. The van der Waals surface area contributed by atoms with Gasteiger partial charge in [-0.1, -0.05) is 78.9 Å². The molecule has 6 rings (SSSR count). The van der Waals surface area contributed by atoms with Crippen LogP contribution in [0.1, 0.15) is 41.9 Å². The van der Waals surface area contributed by atoms with Gasteiger partial charge in [0, 0.05) is 24.5 Å². The Morgan fingerprint density at radius 2 is 1.60 bits per heavy atom. The molecule has 0 radical (unpaired) electrons. The number of methoxy groups -OCH3 is 1. The lowest BCUT2D eigenvalue weighted by atomic mass is 9.91. The number of hydrogen-bond acceptors (Lipinski definition) is 7. The third kappa shape index (κ3) is 6.04. The van der Waals surface area contributed by atoms with E-state index in [2.05, 4.69) is 94.8 Å². The van der Waals surface area contributed by atoms with E-state index >= 15 is 0 Å². The zero-order chi connectivity index (χ0) is 27.1. The van der Waals surface area contributed by atoms with Crippen LogP contribution in [-0.4, -0.2) is 45.9 Å². The van der Waals surface area contributed by atoms with Gasteiger partial charge < -0.3 is 14.8 Å². The summed E-state index contributed by atoms with van der Waals surface area (Å²) in [6.07, 6.45) is 3.64. The van der Waals surface area contributed by atoms with E-state index in [0.29, 0.717) is 18.9 Å². The zero-order valence-corrected chi connectivity index (χ0v) is 23.3. The van der Waals surface area contributed by atoms with E-state index in [9.17, 15) is 0 Å². The lowest BCUT2D eigenvalue weighted by Crippen LogP contribution is -2.17. The quantitative estimate of drug-likeness (QED) is 0.183. The first-order chi connectivity index (χ1) is 19.8. The van der Waals surface area contributed by atoms with E-state index < -0.39 is 0 Å². The Morgan fingerprint density at radius 3 is 2.27 bits per heavy atom. The molecule has 1 fully saturated rings. The number of thioether (sulfide) groups is 1. The van der Waals surface area contributed by atoms with Crippen LogP contribution < -0.4 is 5.32 Å². The normalized spacial score (nSPS) is 17.1.